The minimum Gasteiger partial charge on any atom is -0.497 e. The third-order valence-electron chi connectivity index (χ3n) is 5.17. The number of hydrogen-bond donors (Lipinski definition) is 1. The van der Waals surface area contributed by atoms with Gasteiger partial charge in [0.1, 0.15) is 23.0 Å². The largest absolute Gasteiger partial charge is 0.497 e. The van der Waals surface area contributed by atoms with Crippen LogP contribution >= 0.6 is 0 Å². The monoisotopic (exact) mass is 432 g/mol. The van der Waals surface area contributed by atoms with Gasteiger partial charge >= 0.3 is 0 Å². The number of rotatable bonds is 7. The van der Waals surface area contributed by atoms with Crippen LogP contribution in [-0.4, -0.2) is 30.9 Å². The molecule has 1 aliphatic rings. The number of benzene rings is 3. The van der Waals surface area contributed by atoms with Gasteiger partial charge in [-0.15, -0.1) is 0 Å². The normalized spacial score (nSPS) is 13.5. The molecule has 7 heteroatoms. The topological polar surface area (TPSA) is 67.9 Å². The van der Waals surface area contributed by atoms with Crippen LogP contribution in [0.15, 0.2) is 78.5 Å². The van der Waals surface area contributed by atoms with Crippen LogP contribution in [0.1, 0.15) is 11.1 Å². The number of nitrogens with zero attached hydrogens (tertiary/aromatic N) is 1. The molecule has 2 amide bonds. The van der Waals surface area contributed by atoms with Gasteiger partial charge in [0.25, 0.3) is 11.8 Å². The van der Waals surface area contributed by atoms with E-state index in [1.54, 1.807) is 61.7 Å². The number of halogens is 1. The molecule has 0 unspecified atom stereocenters. The summed E-state index contributed by atoms with van der Waals surface area (Å²) in [5.74, 6) is -0.138. The Balaban J connectivity index is 1.75. The second-order valence-corrected chi connectivity index (χ2v) is 7.13. The molecule has 4 rings (SSSR count). The molecule has 1 heterocycles. The van der Waals surface area contributed by atoms with Gasteiger partial charge in [0, 0.05) is 0 Å². The highest BCUT2D eigenvalue weighted by molar-refractivity contribution is 6.36. The number of amides is 2. The van der Waals surface area contributed by atoms with E-state index >= 15 is 0 Å². The SMILES string of the molecule is COc1ccc(C2=C(Nc3ccccc3OC)C(=O)N(Cc3ccc(F)cc3)C2=O)cc1. The van der Waals surface area contributed by atoms with Crippen molar-refractivity contribution in [2.24, 2.45) is 0 Å². The van der Waals surface area contributed by atoms with Crippen molar-refractivity contribution in [3.8, 4) is 11.5 Å². The fourth-order valence-corrected chi connectivity index (χ4v) is 3.52. The summed E-state index contributed by atoms with van der Waals surface area (Å²) in [7, 11) is 3.08. The summed E-state index contributed by atoms with van der Waals surface area (Å²) in [5.41, 5.74) is 2.15. The minimum absolute atomic E-state index is 0.0225. The zero-order chi connectivity index (χ0) is 22.7. The first-order valence-electron chi connectivity index (χ1n) is 9.91. The van der Waals surface area contributed by atoms with Gasteiger partial charge in [-0.25, -0.2) is 4.39 Å². The second-order valence-electron chi connectivity index (χ2n) is 7.13. The first kappa shape index (κ1) is 21.1. The molecule has 0 atom stereocenters. The molecule has 3 aromatic carbocycles. The Bertz CT molecular complexity index is 1190. The van der Waals surface area contributed by atoms with Gasteiger partial charge in [-0.2, -0.15) is 0 Å². The Morgan fingerprint density at radius 3 is 2.19 bits per heavy atom. The van der Waals surface area contributed by atoms with E-state index in [1.807, 2.05) is 6.07 Å². The van der Waals surface area contributed by atoms with Crippen LogP contribution in [0.3, 0.4) is 0 Å². The molecule has 162 valence electrons. The van der Waals surface area contributed by atoms with E-state index in [0.717, 1.165) is 4.90 Å². The predicted molar refractivity (Wildman–Crippen MR) is 118 cm³/mol. The molecule has 1 N–H and O–H groups in total. The van der Waals surface area contributed by atoms with Crippen molar-refractivity contribution >= 4 is 23.1 Å². The maximum Gasteiger partial charge on any atom is 0.278 e. The van der Waals surface area contributed by atoms with E-state index in [1.165, 1.54) is 19.2 Å². The number of ether oxygens (including phenoxy) is 2. The summed E-state index contributed by atoms with van der Waals surface area (Å²) in [4.78, 5) is 27.9. The van der Waals surface area contributed by atoms with Crippen molar-refractivity contribution in [2.45, 2.75) is 6.54 Å². The van der Waals surface area contributed by atoms with Crippen molar-refractivity contribution < 1.29 is 23.5 Å². The van der Waals surface area contributed by atoms with Gasteiger partial charge in [0.05, 0.1) is 32.0 Å². The fraction of sp³-hybridized carbons (Fsp3) is 0.120. The third-order valence-corrected chi connectivity index (χ3v) is 5.17. The minimum atomic E-state index is -0.476. The lowest BCUT2D eigenvalue weighted by atomic mass is 10.0. The Morgan fingerprint density at radius 1 is 0.844 bits per heavy atom. The highest BCUT2D eigenvalue weighted by Crippen LogP contribution is 2.34. The molecule has 0 saturated carbocycles. The predicted octanol–water partition coefficient (Wildman–Crippen LogP) is 4.24. The first-order chi connectivity index (χ1) is 15.5. The zero-order valence-electron chi connectivity index (χ0n) is 17.6. The first-order valence-corrected chi connectivity index (χ1v) is 9.91. The Hall–Kier alpha value is -4.13. The quantitative estimate of drug-likeness (QED) is 0.566. The van der Waals surface area contributed by atoms with E-state index in [4.69, 9.17) is 9.47 Å². The summed E-state index contributed by atoms with van der Waals surface area (Å²) in [5, 5.41) is 3.09. The lowest BCUT2D eigenvalue weighted by Crippen LogP contribution is -2.32. The van der Waals surface area contributed by atoms with Crippen LogP contribution in [0.5, 0.6) is 11.5 Å². The van der Waals surface area contributed by atoms with E-state index < -0.39 is 11.8 Å². The molecule has 3 aromatic rings. The molecule has 1 aliphatic heterocycles. The number of carbonyl (C=O) groups is 2. The van der Waals surface area contributed by atoms with Crippen molar-refractivity contribution in [1.29, 1.82) is 0 Å². The molecule has 0 spiro atoms. The van der Waals surface area contributed by atoms with Crippen molar-refractivity contribution in [1.82, 2.24) is 4.90 Å². The van der Waals surface area contributed by atoms with Crippen LogP contribution in [0.2, 0.25) is 0 Å². The number of imide groups is 1. The molecule has 0 saturated heterocycles. The van der Waals surface area contributed by atoms with E-state index in [2.05, 4.69) is 5.32 Å². The summed E-state index contributed by atoms with van der Waals surface area (Å²) in [6.07, 6.45) is 0. The average molecular weight is 432 g/mol. The molecular formula is C25H21FN2O4. The lowest BCUT2D eigenvalue weighted by Gasteiger charge is -2.16. The molecule has 0 aliphatic carbocycles. The van der Waals surface area contributed by atoms with Crippen molar-refractivity contribution in [3.05, 3.63) is 95.4 Å². The lowest BCUT2D eigenvalue weighted by molar-refractivity contribution is -0.137. The van der Waals surface area contributed by atoms with Gasteiger partial charge in [0.15, 0.2) is 0 Å². The number of para-hydroxylation sites is 2. The third kappa shape index (κ3) is 4.05. The summed E-state index contributed by atoms with van der Waals surface area (Å²) in [6.45, 7) is 0.0225. The fourth-order valence-electron chi connectivity index (χ4n) is 3.52. The smallest absolute Gasteiger partial charge is 0.278 e. The van der Waals surface area contributed by atoms with Gasteiger partial charge in [0.2, 0.25) is 0 Å². The molecule has 0 aromatic heterocycles. The highest BCUT2D eigenvalue weighted by Gasteiger charge is 2.39. The summed E-state index contributed by atoms with van der Waals surface area (Å²) >= 11 is 0. The standard InChI is InChI=1S/C25H21FN2O4/c1-31-19-13-9-17(10-14-19)22-23(27-20-5-3-4-6-21(20)32-2)25(30)28(24(22)29)15-16-7-11-18(26)12-8-16/h3-14,27H,15H2,1-2H3. The Labute approximate surface area is 184 Å². The molecule has 32 heavy (non-hydrogen) atoms. The molecule has 0 radical (unpaired) electrons. The number of anilines is 1. The highest BCUT2D eigenvalue weighted by atomic mass is 19.1. The molecule has 0 fully saturated rings. The van der Waals surface area contributed by atoms with Gasteiger partial charge in [-0.1, -0.05) is 36.4 Å². The number of hydrogen-bond acceptors (Lipinski definition) is 5. The molecule has 6 nitrogen and oxygen atoms in total. The van der Waals surface area contributed by atoms with E-state index in [0.29, 0.717) is 28.3 Å². The van der Waals surface area contributed by atoms with Crippen LogP contribution < -0.4 is 14.8 Å². The van der Waals surface area contributed by atoms with Gasteiger partial charge < -0.3 is 14.8 Å². The summed E-state index contributed by atoms with van der Waals surface area (Å²) < 4.78 is 23.9. The van der Waals surface area contributed by atoms with E-state index in [9.17, 15) is 14.0 Å². The molecular weight excluding hydrogens is 411 g/mol. The van der Waals surface area contributed by atoms with Crippen LogP contribution in [0.25, 0.3) is 5.57 Å². The van der Waals surface area contributed by atoms with E-state index in [-0.39, 0.29) is 23.6 Å². The molecule has 0 bridgehead atoms. The van der Waals surface area contributed by atoms with Crippen LogP contribution in [0.4, 0.5) is 10.1 Å². The number of nitrogens with one attached hydrogen (secondary N) is 1. The summed E-state index contributed by atoms with van der Waals surface area (Å²) in [6, 6.07) is 19.7. The number of carbonyl (C=O) groups excluding carboxylic acids is 2. The maximum atomic E-state index is 13.4. The Kier molecular flexibility index (Phi) is 5.89. The van der Waals surface area contributed by atoms with Crippen LogP contribution in [-0.2, 0) is 16.1 Å². The second kappa shape index (κ2) is 8.93. The average Bonchev–Trinajstić information content (AvgIpc) is 3.05. The Morgan fingerprint density at radius 2 is 1.53 bits per heavy atom. The van der Waals surface area contributed by atoms with Gasteiger partial charge in [-0.05, 0) is 47.5 Å². The van der Waals surface area contributed by atoms with Crippen LogP contribution in [0, 0.1) is 5.82 Å². The van der Waals surface area contributed by atoms with Crippen molar-refractivity contribution in [3.63, 3.8) is 0 Å². The number of methoxy groups -OCH3 is 2. The maximum absolute atomic E-state index is 13.4. The van der Waals surface area contributed by atoms with Crippen molar-refractivity contribution in [2.75, 3.05) is 19.5 Å². The van der Waals surface area contributed by atoms with Gasteiger partial charge in [-0.3, -0.25) is 14.5 Å². The zero-order valence-corrected chi connectivity index (χ0v) is 17.6.